The van der Waals surface area contributed by atoms with Crippen molar-refractivity contribution in [3.8, 4) is 17.1 Å². The Morgan fingerprint density at radius 2 is 1.58 bits per heavy atom. The molecule has 1 radical (unpaired) electrons. The first-order valence-electron chi connectivity index (χ1n) is 7.99. The predicted molar refractivity (Wildman–Crippen MR) is 98.2 cm³/mol. The molecule has 0 aliphatic rings. The number of rotatable bonds is 2. The topological polar surface area (TPSA) is 43.6 Å². The molecule has 1 aromatic carbocycles. The van der Waals surface area contributed by atoms with Crippen LogP contribution in [0.2, 0.25) is 0 Å². The molecular formula is C21H18IrN4-2. The smallest absolute Gasteiger partial charge is 0.0549 e. The van der Waals surface area contributed by atoms with Crippen molar-refractivity contribution in [2.75, 3.05) is 0 Å². The molecule has 0 amide bonds. The van der Waals surface area contributed by atoms with Crippen molar-refractivity contribution < 1.29 is 20.1 Å². The fourth-order valence-corrected chi connectivity index (χ4v) is 2.23. The average Bonchev–Trinajstić information content (AvgIpc) is 3.03. The molecule has 0 bridgehead atoms. The molecule has 0 N–H and O–H groups in total. The molecule has 3 aromatic heterocycles. The van der Waals surface area contributed by atoms with E-state index in [2.05, 4.69) is 27.3 Å². The Hall–Kier alpha value is -2.62. The summed E-state index contributed by atoms with van der Waals surface area (Å²) >= 11 is 0. The van der Waals surface area contributed by atoms with E-state index in [0.29, 0.717) is 0 Å². The first-order valence-corrected chi connectivity index (χ1v) is 7.99. The maximum Gasteiger partial charge on any atom is 0.0549 e. The van der Waals surface area contributed by atoms with Crippen LogP contribution in [0.5, 0.6) is 0 Å². The van der Waals surface area contributed by atoms with Crippen LogP contribution in [-0.2, 0) is 20.1 Å². The van der Waals surface area contributed by atoms with Crippen molar-refractivity contribution in [1.29, 1.82) is 0 Å². The molecule has 0 saturated heterocycles. The van der Waals surface area contributed by atoms with Crippen LogP contribution in [0, 0.1) is 26.2 Å². The van der Waals surface area contributed by atoms with Crippen LogP contribution in [0.4, 0.5) is 0 Å². The molecule has 0 atom stereocenters. The molecular weight excluding hydrogens is 500 g/mol. The van der Waals surface area contributed by atoms with Crippen molar-refractivity contribution in [2.45, 2.75) is 13.8 Å². The summed E-state index contributed by atoms with van der Waals surface area (Å²) in [6, 6.07) is 22.6. The van der Waals surface area contributed by atoms with Gasteiger partial charge in [0.15, 0.2) is 0 Å². The molecule has 4 aromatic rings. The molecule has 4 rings (SSSR count). The van der Waals surface area contributed by atoms with Gasteiger partial charge in [-0.25, -0.2) is 0 Å². The standard InChI is InChI=1S/C11H8N.C10H10N3.Ir/c1-2-6-10(7-3-1)11-8-4-5-9-12-11;1-8-9(2)13(7-12-8)10-5-3-4-6-11-10;/h1-6,8-9H;3-6H,1-2H3;/q2*-1;. The van der Waals surface area contributed by atoms with E-state index in [1.54, 1.807) is 12.4 Å². The molecule has 3 heterocycles. The minimum Gasteiger partial charge on any atom is -0.415 e. The zero-order valence-electron chi connectivity index (χ0n) is 14.6. The number of hydrogen-bond acceptors (Lipinski definition) is 3. The van der Waals surface area contributed by atoms with E-state index in [0.717, 1.165) is 28.5 Å². The molecule has 0 fully saturated rings. The summed E-state index contributed by atoms with van der Waals surface area (Å²) in [7, 11) is 0. The quantitative estimate of drug-likeness (QED) is 0.373. The Labute approximate surface area is 167 Å². The fourth-order valence-electron chi connectivity index (χ4n) is 2.23. The summed E-state index contributed by atoms with van der Waals surface area (Å²) < 4.78 is 1.86. The van der Waals surface area contributed by atoms with E-state index >= 15 is 0 Å². The van der Waals surface area contributed by atoms with Crippen LogP contribution in [0.1, 0.15) is 11.4 Å². The number of nitrogens with zero attached hydrogens (tertiary/aromatic N) is 4. The van der Waals surface area contributed by atoms with E-state index in [1.807, 2.05) is 79.1 Å². The fraction of sp³-hybridized carbons (Fsp3) is 0.0952. The number of imidazole rings is 1. The Morgan fingerprint density at radius 3 is 2.12 bits per heavy atom. The van der Waals surface area contributed by atoms with Crippen molar-refractivity contribution in [2.24, 2.45) is 0 Å². The van der Waals surface area contributed by atoms with Crippen LogP contribution in [-0.4, -0.2) is 19.5 Å². The maximum atomic E-state index is 4.22. The van der Waals surface area contributed by atoms with E-state index < -0.39 is 0 Å². The van der Waals surface area contributed by atoms with Gasteiger partial charge >= 0.3 is 0 Å². The van der Waals surface area contributed by atoms with Gasteiger partial charge in [-0.1, -0.05) is 49.5 Å². The summed E-state index contributed by atoms with van der Waals surface area (Å²) in [5, 5.41) is 0. The van der Waals surface area contributed by atoms with Gasteiger partial charge in [0.1, 0.15) is 0 Å². The van der Waals surface area contributed by atoms with Gasteiger partial charge in [0.05, 0.1) is 5.82 Å². The van der Waals surface area contributed by atoms with E-state index in [4.69, 9.17) is 0 Å². The van der Waals surface area contributed by atoms with Crippen LogP contribution in [0.15, 0.2) is 73.1 Å². The third-order valence-corrected chi connectivity index (χ3v) is 3.71. The van der Waals surface area contributed by atoms with Gasteiger partial charge < -0.3 is 14.5 Å². The maximum absolute atomic E-state index is 4.22. The van der Waals surface area contributed by atoms with Gasteiger partial charge in [-0.2, -0.15) is 0 Å². The van der Waals surface area contributed by atoms with Crippen molar-refractivity contribution >= 4 is 0 Å². The molecule has 0 aliphatic heterocycles. The second-order valence-electron chi connectivity index (χ2n) is 5.40. The predicted octanol–water partition coefficient (Wildman–Crippen LogP) is 4.23. The van der Waals surface area contributed by atoms with E-state index in [9.17, 15) is 0 Å². The molecule has 0 unspecified atom stereocenters. The summed E-state index contributed by atoms with van der Waals surface area (Å²) in [6.45, 7) is 3.97. The van der Waals surface area contributed by atoms with Crippen molar-refractivity contribution in [3.05, 3.63) is 96.8 Å². The van der Waals surface area contributed by atoms with Gasteiger partial charge in [-0.3, -0.25) is 4.98 Å². The van der Waals surface area contributed by atoms with Gasteiger partial charge in [0.2, 0.25) is 0 Å². The Balaban J connectivity index is 0.000000180. The Morgan fingerprint density at radius 1 is 0.846 bits per heavy atom. The molecule has 133 valence electrons. The number of aryl methyl sites for hydroxylation is 1. The minimum absolute atomic E-state index is 0. The number of aromatic nitrogens is 4. The second kappa shape index (κ2) is 9.76. The third kappa shape index (κ3) is 4.94. The van der Waals surface area contributed by atoms with E-state index in [1.165, 1.54) is 0 Å². The normalized spacial score (nSPS) is 9.62. The number of hydrogen-bond donors (Lipinski definition) is 0. The first kappa shape index (κ1) is 19.7. The zero-order valence-corrected chi connectivity index (χ0v) is 16.9. The summed E-state index contributed by atoms with van der Waals surface area (Å²) in [5.41, 5.74) is 4.08. The average molecular weight is 519 g/mol. The summed E-state index contributed by atoms with van der Waals surface area (Å²) in [5.74, 6) is 0.862. The van der Waals surface area contributed by atoms with Gasteiger partial charge in [-0.15, -0.1) is 35.9 Å². The van der Waals surface area contributed by atoms with Crippen LogP contribution < -0.4 is 0 Å². The second-order valence-corrected chi connectivity index (χ2v) is 5.40. The zero-order chi connectivity index (χ0) is 17.5. The number of pyridine rings is 2. The third-order valence-electron chi connectivity index (χ3n) is 3.71. The minimum atomic E-state index is 0. The SMILES string of the molecule is Cc1n[c-]n(-c2ccccn2)c1C.[Ir].[c-]1ccccc1-c1ccccn1. The van der Waals surface area contributed by atoms with Crippen molar-refractivity contribution in [1.82, 2.24) is 19.5 Å². The molecule has 0 aliphatic carbocycles. The molecule has 0 saturated carbocycles. The summed E-state index contributed by atoms with van der Waals surface area (Å²) in [4.78, 5) is 12.5. The van der Waals surface area contributed by atoms with Crippen LogP contribution in [0.3, 0.4) is 0 Å². The van der Waals surface area contributed by atoms with E-state index in [-0.39, 0.29) is 20.1 Å². The summed E-state index contributed by atoms with van der Waals surface area (Å²) in [6.07, 6.45) is 6.44. The molecule has 0 spiro atoms. The monoisotopic (exact) mass is 519 g/mol. The molecule has 26 heavy (non-hydrogen) atoms. The van der Waals surface area contributed by atoms with Crippen LogP contribution in [0.25, 0.3) is 17.1 Å². The van der Waals surface area contributed by atoms with Crippen LogP contribution >= 0.6 is 0 Å². The van der Waals surface area contributed by atoms with Gasteiger partial charge in [-0.05, 0) is 17.8 Å². The molecule has 5 heteroatoms. The molecule has 4 nitrogen and oxygen atoms in total. The first-order chi connectivity index (χ1) is 12.3. The van der Waals surface area contributed by atoms with Gasteiger partial charge in [0, 0.05) is 38.8 Å². The van der Waals surface area contributed by atoms with Gasteiger partial charge in [0.25, 0.3) is 0 Å². The Kier molecular flexibility index (Phi) is 7.39. The van der Waals surface area contributed by atoms with Crippen molar-refractivity contribution in [3.63, 3.8) is 0 Å². The number of benzene rings is 1. The largest absolute Gasteiger partial charge is 0.415 e. The Bertz CT molecular complexity index is 869.